The van der Waals surface area contributed by atoms with Crippen molar-refractivity contribution in [2.45, 2.75) is 25.4 Å². The molecule has 2 saturated heterocycles. The van der Waals surface area contributed by atoms with Crippen molar-refractivity contribution in [2.24, 2.45) is 0 Å². The fourth-order valence-electron chi connectivity index (χ4n) is 4.79. The Hall–Kier alpha value is -3.37. The van der Waals surface area contributed by atoms with E-state index in [4.69, 9.17) is 15.6 Å². The molecule has 1 aromatic carbocycles. The third-order valence-corrected chi connectivity index (χ3v) is 6.55. The highest BCUT2D eigenvalue weighted by atomic mass is 19.1. The number of morpholine rings is 1. The van der Waals surface area contributed by atoms with Gasteiger partial charge in [-0.15, -0.1) is 0 Å². The van der Waals surface area contributed by atoms with Crippen LogP contribution in [0.2, 0.25) is 0 Å². The Morgan fingerprint density at radius 2 is 2.09 bits per heavy atom. The zero-order valence-electron chi connectivity index (χ0n) is 19.0. The minimum absolute atomic E-state index is 0.105. The highest BCUT2D eigenvalue weighted by Gasteiger charge is 2.28. The van der Waals surface area contributed by atoms with Crippen molar-refractivity contribution in [1.82, 2.24) is 29.5 Å². The Kier molecular flexibility index (Phi) is 6.25. The molecule has 0 spiro atoms. The molecule has 3 aromatic rings. The topological polar surface area (TPSA) is 102 Å². The molecule has 2 N–H and O–H groups in total. The lowest BCUT2D eigenvalue weighted by Crippen LogP contribution is -2.40. The number of nitrogen functional groups attached to an aromatic ring is 1. The molecule has 9 nitrogen and oxygen atoms in total. The molecular weight excluding hydrogens is 437 g/mol. The summed E-state index contributed by atoms with van der Waals surface area (Å²) in [6, 6.07) is 5.12. The van der Waals surface area contributed by atoms with Crippen LogP contribution in [0.15, 0.2) is 37.2 Å². The summed E-state index contributed by atoms with van der Waals surface area (Å²) in [5.74, 6) is -0.233. The van der Waals surface area contributed by atoms with E-state index in [1.807, 2.05) is 6.07 Å². The number of anilines is 1. The fraction of sp³-hybridized carbons (Fsp3) is 0.417. The number of carbonyl (C=O) groups is 1. The lowest BCUT2D eigenvalue weighted by atomic mass is 10.1. The van der Waals surface area contributed by atoms with E-state index in [0.717, 1.165) is 31.5 Å². The van der Waals surface area contributed by atoms with E-state index in [2.05, 4.69) is 21.4 Å². The van der Waals surface area contributed by atoms with E-state index in [9.17, 15) is 4.79 Å². The van der Waals surface area contributed by atoms with Gasteiger partial charge < -0.3 is 15.4 Å². The van der Waals surface area contributed by atoms with E-state index < -0.39 is 0 Å². The quantitative estimate of drug-likeness (QED) is 0.577. The third kappa shape index (κ3) is 4.26. The van der Waals surface area contributed by atoms with Crippen LogP contribution in [0, 0.1) is 5.82 Å². The number of hydrogen-bond donors (Lipinski definition) is 1. The maximum Gasteiger partial charge on any atom is 0.246 e. The standard InChI is InChI=1S/C24H28FN7O2/c1-2-20(33)31-7-3-4-17(14-31)32-24-21(23(26)27-15-28-24)22(29-32)18-6-5-16(12-19(18)25)13-30-8-10-34-11-9-30/h2,5-6,12,15,17H,1,3-4,7-11,13-14H2,(H2,26,27,28). The molecule has 2 aliphatic heterocycles. The first-order chi connectivity index (χ1) is 16.5. The smallest absolute Gasteiger partial charge is 0.246 e. The molecule has 0 aliphatic carbocycles. The summed E-state index contributed by atoms with van der Waals surface area (Å²) >= 11 is 0. The van der Waals surface area contributed by atoms with E-state index in [1.165, 1.54) is 12.4 Å². The monoisotopic (exact) mass is 465 g/mol. The molecule has 1 atom stereocenters. The van der Waals surface area contributed by atoms with Crippen LogP contribution in [0.1, 0.15) is 24.4 Å². The number of nitrogens with two attached hydrogens (primary N) is 1. The number of benzene rings is 1. The molecule has 5 rings (SSSR count). The fourth-order valence-corrected chi connectivity index (χ4v) is 4.79. The maximum atomic E-state index is 15.4. The van der Waals surface area contributed by atoms with Crippen molar-refractivity contribution in [1.29, 1.82) is 0 Å². The maximum absolute atomic E-state index is 15.4. The SMILES string of the molecule is C=CC(=O)N1CCCC(n2nc(-c3ccc(CN4CCOCC4)cc3F)c3c(N)ncnc32)C1. The molecule has 2 aromatic heterocycles. The largest absolute Gasteiger partial charge is 0.383 e. The number of amides is 1. The Balaban J connectivity index is 1.50. The number of carbonyl (C=O) groups excluding carboxylic acids is 1. The second-order valence-electron chi connectivity index (χ2n) is 8.74. The van der Waals surface area contributed by atoms with Crippen molar-refractivity contribution >= 4 is 22.8 Å². The minimum Gasteiger partial charge on any atom is -0.383 e. The summed E-state index contributed by atoms with van der Waals surface area (Å²) in [6.07, 6.45) is 4.36. The molecule has 1 amide bonds. The van der Waals surface area contributed by atoms with E-state index in [-0.39, 0.29) is 23.6 Å². The summed E-state index contributed by atoms with van der Waals surface area (Å²) in [4.78, 5) is 24.7. The number of nitrogens with zero attached hydrogens (tertiary/aromatic N) is 6. The molecule has 0 radical (unpaired) electrons. The van der Waals surface area contributed by atoms with Gasteiger partial charge in [0.2, 0.25) is 5.91 Å². The zero-order valence-corrected chi connectivity index (χ0v) is 19.0. The van der Waals surface area contributed by atoms with Crippen LogP contribution in [-0.4, -0.2) is 74.8 Å². The molecule has 0 saturated carbocycles. The van der Waals surface area contributed by atoms with Crippen LogP contribution in [-0.2, 0) is 16.1 Å². The van der Waals surface area contributed by atoms with Crippen LogP contribution in [0.4, 0.5) is 10.2 Å². The Morgan fingerprint density at radius 3 is 2.85 bits per heavy atom. The van der Waals surface area contributed by atoms with Gasteiger partial charge in [-0.05, 0) is 36.6 Å². The van der Waals surface area contributed by atoms with Crippen LogP contribution in [0.5, 0.6) is 0 Å². The summed E-state index contributed by atoms with van der Waals surface area (Å²) < 4.78 is 22.5. The average molecular weight is 466 g/mol. The van der Waals surface area contributed by atoms with E-state index >= 15 is 4.39 Å². The number of rotatable bonds is 5. The molecule has 178 valence electrons. The lowest BCUT2D eigenvalue weighted by Gasteiger charge is -2.32. The van der Waals surface area contributed by atoms with Crippen LogP contribution in [0.25, 0.3) is 22.3 Å². The van der Waals surface area contributed by atoms with Crippen molar-refractivity contribution in [3.63, 3.8) is 0 Å². The number of hydrogen-bond acceptors (Lipinski definition) is 7. The van der Waals surface area contributed by atoms with Gasteiger partial charge in [-0.25, -0.2) is 19.0 Å². The molecule has 34 heavy (non-hydrogen) atoms. The molecule has 1 unspecified atom stereocenters. The van der Waals surface area contributed by atoms with Crippen LogP contribution < -0.4 is 5.73 Å². The Labute approximate surface area is 197 Å². The predicted molar refractivity (Wildman–Crippen MR) is 126 cm³/mol. The number of halogens is 1. The summed E-state index contributed by atoms with van der Waals surface area (Å²) in [5, 5.41) is 5.30. The van der Waals surface area contributed by atoms with Crippen LogP contribution >= 0.6 is 0 Å². The summed E-state index contributed by atoms with van der Waals surface area (Å²) in [5.41, 5.74) is 8.41. The molecule has 4 heterocycles. The minimum atomic E-state index is -0.368. The number of fused-ring (bicyclic) bond motifs is 1. The zero-order chi connectivity index (χ0) is 23.7. The van der Waals surface area contributed by atoms with Gasteiger partial charge >= 0.3 is 0 Å². The number of likely N-dealkylation sites (tertiary alicyclic amines) is 1. The van der Waals surface area contributed by atoms with Gasteiger partial charge in [0.15, 0.2) is 5.65 Å². The molecular formula is C24H28FN7O2. The van der Waals surface area contributed by atoms with Gasteiger partial charge in [0.1, 0.15) is 23.7 Å². The number of ether oxygens (including phenoxy) is 1. The van der Waals surface area contributed by atoms with Gasteiger partial charge in [-0.3, -0.25) is 9.69 Å². The number of aromatic nitrogens is 4. The number of piperidine rings is 1. The molecule has 0 bridgehead atoms. The van der Waals surface area contributed by atoms with Gasteiger partial charge in [0.05, 0.1) is 24.6 Å². The Morgan fingerprint density at radius 1 is 1.26 bits per heavy atom. The van der Waals surface area contributed by atoms with Crippen molar-refractivity contribution in [3.8, 4) is 11.3 Å². The second kappa shape index (κ2) is 9.47. The first-order valence-corrected chi connectivity index (χ1v) is 11.5. The van der Waals surface area contributed by atoms with Gasteiger partial charge in [0.25, 0.3) is 0 Å². The van der Waals surface area contributed by atoms with Crippen molar-refractivity contribution < 1.29 is 13.9 Å². The predicted octanol–water partition coefficient (Wildman–Crippen LogP) is 2.40. The Bertz CT molecular complexity index is 1220. The molecule has 2 fully saturated rings. The lowest BCUT2D eigenvalue weighted by molar-refractivity contribution is -0.127. The van der Waals surface area contributed by atoms with Gasteiger partial charge in [-0.2, -0.15) is 5.10 Å². The average Bonchev–Trinajstić information content (AvgIpc) is 3.25. The normalized spacial score (nSPS) is 19.4. The van der Waals surface area contributed by atoms with E-state index in [1.54, 1.807) is 21.7 Å². The molecule has 10 heteroatoms. The first-order valence-electron chi connectivity index (χ1n) is 11.5. The molecule has 2 aliphatic rings. The highest BCUT2D eigenvalue weighted by Crippen LogP contribution is 2.35. The summed E-state index contributed by atoms with van der Waals surface area (Å²) in [6.45, 7) is 8.46. The highest BCUT2D eigenvalue weighted by molar-refractivity contribution is 5.98. The van der Waals surface area contributed by atoms with Crippen molar-refractivity contribution in [3.05, 3.63) is 48.6 Å². The second-order valence-corrected chi connectivity index (χ2v) is 8.74. The summed E-state index contributed by atoms with van der Waals surface area (Å²) in [7, 11) is 0. The van der Waals surface area contributed by atoms with E-state index in [0.29, 0.717) is 55.1 Å². The third-order valence-electron chi connectivity index (χ3n) is 6.55. The van der Waals surface area contributed by atoms with Gasteiger partial charge in [-0.1, -0.05) is 12.6 Å². The first kappa shape index (κ1) is 22.4. The van der Waals surface area contributed by atoms with Crippen LogP contribution in [0.3, 0.4) is 0 Å². The van der Waals surface area contributed by atoms with Gasteiger partial charge in [0, 0.05) is 38.3 Å². The van der Waals surface area contributed by atoms with Crippen molar-refractivity contribution in [2.75, 3.05) is 45.1 Å².